The van der Waals surface area contributed by atoms with Crippen molar-refractivity contribution in [3.05, 3.63) is 46.3 Å². The van der Waals surface area contributed by atoms with Crippen LogP contribution in [0.3, 0.4) is 0 Å². The highest BCUT2D eigenvalue weighted by Crippen LogP contribution is 2.21. The first kappa shape index (κ1) is 12.0. The van der Waals surface area contributed by atoms with Gasteiger partial charge in [0, 0.05) is 17.0 Å². The lowest BCUT2D eigenvalue weighted by Crippen LogP contribution is -2.05. The molecule has 1 unspecified atom stereocenters. The molecule has 0 aliphatic heterocycles. The largest absolute Gasteiger partial charge is 0.338 e. The summed E-state index contributed by atoms with van der Waals surface area (Å²) in [6.45, 7) is 1.73. The van der Waals surface area contributed by atoms with E-state index in [0.717, 1.165) is 0 Å². The minimum absolute atomic E-state index is 0.182. The smallest absolute Gasteiger partial charge is 0.243 e. The molecule has 1 aromatic carbocycles. The fourth-order valence-corrected chi connectivity index (χ4v) is 1.61. The van der Waals surface area contributed by atoms with Gasteiger partial charge in [-0.05, 0) is 19.1 Å². The molecule has 0 fully saturated rings. The SMILES string of the molecule is CC(N)c1nc(Cc2c(F)cccc2Cl)no1. The summed E-state index contributed by atoms with van der Waals surface area (Å²) in [7, 11) is 0. The second-order valence-electron chi connectivity index (χ2n) is 3.71. The monoisotopic (exact) mass is 255 g/mol. The van der Waals surface area contributed by atoms with E-state index in [9.17, 15) is 4.39 Å². The number of rotatable bonds is 3. The summed E-state index contributed by atoms with van der Waals surface area (Å²) in [6, 6.07) is 4.16. The molecule has 0 radical (unpaired) electrons. The first-order valence-electron chi connectivity index (χ1n) is 5.09. The number of halogens is 2. The second kappa shape index (κ2) is 4.81. The zero-order valence-electron chi connectivity index (χ0n) is 9.15. The quantitative estimate of drug-likeness (QED) is 0.915. The van der Waals surface area contributed by atoms with Crippen LogP contribution in [0.5, 0.6) is 0 Å². The minimum atomic E-state index is -0.385. The molecule has 0 amide bonds. The molecule has 90 valence electrons. The molecule has 1 atom stereocenters. The molecule has 2 N–H and O–H groups in total. The number of hydrogen-bond acceptors (Lipinski definition) is 4. The van der Waals surface area contributed by atoms with E-state index >= 15 is 0 Å². The van der Waals surface area contributed by atoms with E-state index in [1.807, 2.05) is 0 Å². The van der Waals surface area contributed by atoms with Crippen molar-refractivity contribution in [1.29, 1.82) is 0 Å². The maximum Gasteiger partial charge on any atom is 0.243 e. The lowest BCUT2D eigenvalue weighted by atomic mass is 10.1. The molecule has 0 saturated carbocycles. The maximum atomic E-state index is 13.5. The first-order valence-corrected chi connectivity index (χ1v) is 5.46. The number of aromatic nitrogens is 2. The Morgan fingerprint density at radius 2 is 2.29 bits per heavy atom. The fourth-order valence-electron chi connectivity index (χ4n) is 1.38. The molecule has 1 heterocycles. The Labute approximate surface area is 103 Å². The molecule has 4 nitrogen and oxygen atoms in total. The third-order valence-electron chi connectivity index (χ3n) is 2.27. The van der Waals surface area contributed by atoms with E-state index in [0.29, 0.717) is 22.3 Å². The van der Waals surface area contributed by atoms with Crippen molar-refractivity contribution < 1.29 is 8.91 Å². The van der Waals surface area contributed by atoms with Crippen LogP contribution in [0.1, 0.15) is 30.2 Å². The lowest BCUT2D eigenvalue weighted by Gasteiger charge is -2.01. The number of nitrogens with two attached hydrogens (primary N) is 1. The zero-order chi connectivity index (χ0) is 12.4. The van der Waals surface area contributed by atoms with Gasteiger partial charge in [0.05, 0.1) is 6.04 Å². The summed E-state index contributed by atoms with van der Waals surface area (Å²) < 4.78 is 18.4. The Balaban J connectivity index is 2.25. The van der Waals surface area contributed by atoms with Crippen molar-refractivity contribution in [3.63, 3.8) is 0 Å². The average molecular weight is 256 g/mol. The predicted octanol–water partition coefficient (Wildman–Crippen LogP) is 2.47. The maximum absolute atomic E-state index is 13.5. The molecule has 1 aromatic heterocycles. The van der Waals surface area contributed by atoms with Gasteiger partial charge in [0.2, 0.25) is 5.89 Å². The first-order chi connectivity index (χ1) is 8.08. The van der Waals surface area contributed by atoms with Gasteiger partial charge in [-0.25, -0.2) is 4.39 Å². The van der Waals surface area contributed by atoms with Crippen LogP contribution in [0.25, 0.3) is 0 Å². The van der Waals surface area contributed by atoms with Crippen LogP contribution < -0.4 is 5.73 Å². The predicted molar refractivity (Wildman–Crippen MR) is 61.1 cm³/mol. The summed E-state index contributed by atoms with van der Waals surface area (Å²) in [6.07, 6.45) is 0.182. The van der Waals surface area contributed by atoms with Crippen LogP contribution in [0, 0.1) is 5.82 Å². The zero-order valence-corrected chi connectivity index (χ0v) is 9.91. The molecule has 0 aliphatic carbocycles. The topological polar surface area (TPSA) is 64.9 Å². The Kier molecular flexibility index (Phi) is 3.40. The van der Waals surface area contributed by atoms with Gasteiger partial charge in [0.15, 0.2) is 5.82 Å². The van der Waals surface area contributed by atoms with Crippen molar-refractivity contribution in [3.8, 4) is 0 Å². The van der Waals surface area contributed by atoms with Gasteiger partial charge >= 0.3 is 0 Å². The lowest BCUT2D eigenvalue weighted by molar-refractivity contribution is 0.357. The van der Waals surface area contributed by atoms with E-state index < -0.39 is 0 Å². The molecular formula is C11H11ClFN3O. The summed E-state index contributed by atoms with van der Waals surface area (Å²) in [5.41, 5.74) is 5.94. The Bertz CT molecular complexity index is 507. The van der Waals surface area contributed by atoms with Crippen LogP contribution in [0.15, 0.2) is 22.7 Å². The third-order valence-corrected chi connectivity index (χ3v) is 2.62. The molecule has 0 aliphatic rings. The van der Waals surface area contributed by atoms with E-state index in [1.54, 1.807) is 19.1 Å². The van der Waals surface area contributed by atoms with Gasteiger partial charge < -0.3 is 10.3 Å². The normalized spacial score (nSPS) is 12.7. The Morgan fingerprint density at radius 3 is 2.88 bits per heavy atom. The highest BCUT2D eigenvalue weighted by atomic mass is 35.5. The molecule has 0 spiro atoms. The van der Waals surface area contributed by atoms with Gasteiger partial charge in [0.25, 0.3) is 0 Å². The standard InChI is InChI=1S/C11H11ClFN3O/c1-6(14)11-15-10(16-17-11)5-7-8(12)3-2-4-9(7)13/h2-4,6H,5,14H2,1H3. The minimum Gasteiger partial charge on any atom is -0.338 e. The van der Waals surface area contributed by atoms with Crippen LogP contribution in [-0.4, -0.2) is 10.1 Å². The number of nitrogens with zero attached hydrogens (tertiary/aromatic N) is 2. The van der Waals surface area contributed by atoms with Gasteiger partial charge in [-0.3, -0.25) is 0 Å². The molecule has 6 heteroatoms. The number of hydrogen-bond donors (Lipinski definition) is 1. The molecule has 0 bridgehead atoms. The molecular weight excluding hydrogens is 245 g/mol. The van der Waals surface area contributed by atoms with Crippen LogP contribution in [0.4, 0.5) is 4.39 Å². The Morgan fingerprint density at radius 1 is 1.53 bits per heavy atom. The number of benzene rings is 1. The average Bonchev–Trinajstić information content (AvgIpc) is 2.72. The molecule has 17 heavy (non-hydrogen) atoms. The van der Waals surface area contributed by atoms with E-state index in [1.165, 1.54) is 6.07 Å². The van der Waals surface area contributed by atoms with Crippen molar-refractivity contribution in [2.75, 3.05) is 0 Å². The van der Waals surface area contributed by atoms with Gasteiger partial charge in [-0.1, -0.05) is 22.8 Å². The summed E-state index contributed by atoms with van der Waals surface area (Å²) in [5, 5.41) is 4.07. The van der Waals surface area contributed by atoms with E-state index in [4.69, 9.17) is 21.9 Å². The van der Waals surface area contributed by atoms with E-state index in [2.05, 4.69) is 10.1 Å². The second-order valence-corrected chi connectivity index (χ2v) is 4.12. The van der Waals surface area contributed by atoms with Gasteiger partial charge in [0.1, 0.15) is 5.82 Å². The van der Waals surface area contributed by atoms with Crippen molar-refractivity contribution in [2.24, 2.45) is 5.73 Å². The van der Waals surface area contributed by atoms with Gasteiger partial charge in [-0.15, -0.1) is 0 Å². The summed E-state index contributed by atoms with van der Waals surface area (Å²) >= 11 is 5.90. The highest BCUT2D eigenvalue weighted by Gasteiger charge is 2.14. The summed E-state index contributed by atoms with van der Waals surface area (Å²) in [4.78, 5) is 4.06. The molecule has 2 aromatic rings. The van der Waals surface area contributed by atoms with Crippen molar-refractivity contribution in [1.82, 2.24) is 10.1 Å². The van der Waals surface area contributed by atoms with Crippen LogP contribution >= 0.6 is 11.6 Å². The van der Waals surface area contributed by atoms with Gasteiger partial charge in [-0.2, -0.15) is 4.98 Å². The van der Waals surface area contributed by atoms with E-state index in [-0.39, 0.29) is 18.3 Å². The molecule has 0 saturated heterocycles. The van der Waals surface area contributed by atoms with Crippen LogP contribution in [-0.2, 0) is 6.42 Å². The highest BCUT2D eigenvalue weighted by molar-refractivity contribution is 6.31. The summed E-state index contributed by atoms with van der Waals surface area (Å²) in [5.74, 6) is 0.307. The molecule has 2 rings (SSSR count). The van der Waals surface area contributed by atoms with Crippen LogP contribution in [0.2, 0.25) is 5.02 Å². The van der Waals surface area contributed by atoms with Crippen molar-refractivity contribution in [2.45, 2.75) is 19.4 Å². The third kappa shape index (κ3) is 2.62. The fraction of sp³-hybridized carbons (Fsp3) is 0.273. The Hall–Kier alpha value is -1.46. The van der Waals surface area contributed by atoms with Crippen molar-refractivity contribution >= 4 is 11.6 Å².